The van der Waals surface area contributed by atoms with Gasteiger partial charge in [-0.15, -0.1) is 0 Å². The molecule has 7 atom stereocenters. The Morgan fingerprint density at radius 2 is 1.52 bits per heavy atom. The van der Waals surface area contributed by atoms with Crippen LogP contribution in [0.2, 0.25) is 0 Å². The molecule has 0 aliphatic carbocycles. The van der Waals surface area contributed by atoms with E-state index in [1.54, 1.807) is 32.9 Å². The van der Waals surface area contributed by atoms with Crippen LogP contribution in [0.15, 0.2) is 36.0 Å². The molecule has 0 spiro atoms. The summed E-state index contributed by atoms with van der Waals surface area (Å²) in [7, 11) is 0. The van der Waals surface area contributed by atoms with Gasteiger partial charge in [0, 0.05) is 12.3 Å². The number of cyclic esters (lactones) is 1. The summed E-state index contributed by atoms with van der Waals surface area (Å²) in [4.78, 5) is 81.9. The van der Waals surface area contributed by atoms with Crippen molar-refractivity contribution in [2.45, 2.75) is 125 Å². The van der Waals surface area contributed by atoms with E-state index < -0.39 is 77.6 Å². The third-order valence-corrected chi connectivity index (χ3v) is 8.69. The van der Waals surface area contributed by atoms with Gasteiger partial charge >= 0.3 is 5.97 Å². The number of phenols is 1. The number of amides is 5. The summed E-state index contributed by atoms with van der Waals surface area (Å²) < 4.78 is 5.65. The molecule has 5 amide bonds. The molecular formula is C37H57N5O8. The van der Waals surface area contributed by atoms with Gasteiger partial charge in [0.1, 0.15) is 41.7 Å². The van der Waals surface area contributed by atoms with Crippen LogP contribution in [-0.2, 0) is 39.9 Å². The Bertz CT molecular complexity index is 1380. The Morgan fingerprint density at radius 3 is 2.08 bits per heavy atom. The van der Waals surface area contributed by atoms with Crippen molar-refractivity contribution in [2.24, 2.45) is 23.7 Å². The summed E-state index contributed by atoms with van der Waals surface area (Å²) >= 11 is 0. The van der Waals surface area contributed by atoms with Gasteiger partial charge in [-0.05, 0) is 62.1 Å². The highest BCUT2D eigenvalue weighted by atomic mass is 16.5. The Labute approximate surface area is 296 Å². The van der Waals surface area contributed by atoms with E-state index in [4.69, 9.17) is 4.74 Å². The Hall–Kier alpha value is -4.42. The molecule has 50 heavy (non-hydrogen) atoms. The lowest BCUT2D eigenvalue weighted by molar-refractivity contribution is -0.150. The third kappa shape index (κ3) is 12.8. The van der Waals surface area contributed by atoms with Crippen LogP contribution >= 0.6 is 0 Å². The summed E-state index contributed by atoms with van der Waals surface area (Å²) in [6, 6.07) is 1.31. The predicted octanol–water partition coefficient (Wildman–Crippen LogP) is 3.00. The summed E-state index contributed by atoms with van der Waals surface area (Å²) in [6.07, 6.45) is 2.80. The number of phenolic OH excluding ortho intramolecular Hbond substituents is 1. The molecule has 13 nitrogen and oxygen atoms in total. The monoisotopic (exact) mass is 699 g/mol. The molecule has 1 aromatic carbocycles. The highest BCUT2D eigenvalue weighted by molar-refractivity contribution is 5.99. The minimum atomic E-state index is -1.38. The van der Waals surface area contributed by atoms with Crippen LogP contribution in [0.25, 0.3) is 0 Å². The zero-order chi connectivity index (χ0) is 37.7. The quantitative estimate of drug-likeness (QED) is 0.150. The SMILES string of the molecule is C/C=C1\NC(=O)[C@H](Cc2ccc(O)cc2)NC(=O)[C@@H](C(C)C)NC(=O)[C@@H](CC(C)C)NC(=O)[C@H](NC(=O)[C@H](C)C[C@H](C)CCC)[C@@H](C)OC1=O. The maximum absolute atomic E-state index is 13.9. The molecule has 2 rings (SSSR count). The molecule has 1 aliphatic rings. The van der Waals surface area contributed by atoms with E-state index in [9.17, 15) is 33.9 Å². The van der Waals surface area contributed by atoms with E-state index >= 15 is 0 Å². The molecule has 1 fully saturated rings. The molecule has 0 radical (unpaired) electrons. The van der Waals surface area contributed by atoms with Gasteiger partial charge in [0.05, 0.1) is 0 Å². The number of benzene rings is 1. The number of ether oxygens (including phenoxy) is 1. The minimum Gasteiger partial charge on any atom is -0.508 e. The summed E-state index contributed by atoms with van der Waals surface area (Å²) in [5.41, 5.74) is 0.371. The first-order valence-corrected chi connectivity index (χ1v) is 17.6. The fraction of sp³-hybridized carbons (Fsp3) is 0.622. The van der Waals surface area contributed by atoms with Crippen LogP contribution in [0.5, 0.6) is 5.75 Å². The Morgan fingerprint density at radius 1 is 0.900 bits per heavy atom. The summed E-state index contributed by atoms with van der Waals surface area (Å²) in [5, 5.41) is 23.2. The first-order valence-electron chi connectivity index (χ1n) is 17.6. The fourth-order valence-corrected chi connectivity index (χ4v) is 5.87. The maximum atomic E-state index is 13.9. The first kappa shape index (κ1) is 41.7. The van der Waals surface area contributed by atoms with Crippen LogP contribution in [0.1, 0.15) is 93.6 Å². The second kappa shape index (κ2) is 19.7. The number of aromatic hydroxyl groups is 1. The van der Waals surface area contributed by atoms with E-state index in [1.807, 2.05) is 13.8 Å². The van der Waals surface area contributed by atoms with E-state index in [2.05, 4.69) is 40.4 Å². The van der Waals surface area contributed by atoms with Crippen molar-refractivity contribution in [3.8, 4) is 5.75 Å². The molecule has 1 aliphatic heterocycles. The lowest BCUT2D eigenvalue weighted by Gasteiger charge is -2.31. The molecule has 13 heteroatoms. The predicted molar refractivity (Wildman–Crippen MR) is 189 cm³/mol. The molecule has 0 saturated carbocycles. The number of rotatable bonds is 11. The lowest BCUT2D eigenvalue weighted by Crippen LogP contribution is -2.61. The average molecular weight is 700 g/mol. The van der Waals surface area contributed by atoms with Gasteiger partial charge in [-0.3, -0.25) is 24.0 Å². The topological polar surface area (TPSA) is 192 Å². The molecule has 1 aromatic rings. The van der Waals surface area contributed by atoms with Crippen molar-refractivity contribution in [1.29, 1.82) is 0 Å². The van der Waals surface area contributed by atoms with Crippen molar-refractivity contribution in [1.82, 2.24) is 26.6 Å². The molecule has 0 bridgehead atoms. The van der Waals surface area contributed by atoms with Crippen molar-refractivity contribution < 1.29 is 38.6 Å². The highest BCUT2D eigenvalue weighted by Crippen LogP contribution is 2.18. The van der Waals surface area contributed by atoms with Crippen molar-refractivity contribution in [2.75, 3.05) is 0 Å². The fourth-order valence-electron chi connectivity index (χ4n) is 5.87. The lowest BCUT2D eigenvalue weighted by atomic mass is 9.93. The molecule has 0 aromatic heterocycles. The third-order valence-electron chi connectivity index (χ3n) is 8.69. The van der Waals surface area contributed by atoms with Gasteiger partial charge in [0.2, 0.25) is 29.5 Å². The van der Waals surface area contributed by atoms with Crippen molar-refractivity contribution in [3.63, 3.8) is 0 Å². The van der Waals surface area contributed by atoms with E-state index in [0.717, 1.165) is 12.8 Å². The van der Waals surface area contributed by atoms with E-state index in [1.165, 1.54) is 32.1 Å². The number of hydrogen-bond acceptors (Lipinski definition) is 8. The molecule has 0 unspecified atom stereocenters. The normalized spacial score (nSPS) is 24.9. The van der Waals surface area contributed by atoms with E-state index in [-0.39, 0.29) is 36.1 Å². The molecular weight excluding hydrogens is 642 g/mol. The van der Waals surface area contributed by atoms with Crippen LogP contribution < -0.4 is 26.6 Å². The molecule has 6 N–H and O–H groups in total. The highest BCUT2D eigenvalue weighted by Gasteiger charge is 2.37. The van der Waals surface area contributed by atoms with Gasteiger partial charge in [0.25, 0.3) is 0 Å². The summed E-state index contributed by atoms with van der Waals surface area (Å²) in [6.45, 7) is 16.1. The van der Waals surface area contributed by atoms with Gasteiger partial charge < -0.3 is 36.4 Å². The number of hydrogen-bond donors (Lipinski definition) is 6. The zero-order valence-corrected chi connectivity index (χ0v) is 30.9. The second-order valence-corrected chi connectivity index (χ2v) is 14.2. The molecule has 278 valence electrons. The van der Waals surface area contributed by atoms with Gasteiger partial charge in [-0.2, -0.15) is 0 Å². The minimum absolute atomic E-state index is 0.00570. The standard InChI is InChI=1S/C37H57N5O8/c1-10-12-22(7)18-23(8)32(44)42-31-24(9)50-37(49)27(11-2)38-33(45)29(19-25-13-15-26(43)16-14-25)40-35(47)30(21(5)6)41-34(46)28(17-20(3)4)39-36(31)48/h11,13-16,20-24,28-31,43H,10,12,17-19H2,1-9H3,(H,38,45)(H,39,48)(H,40,47)(H,41,46)(H,42,44)/b27-11-/t22-,23-,24-,28-,29+,30-,31-/m1/s1. The number of nitrogens with one attached hydrogen (secondary N) is 5. The first-order chi connectivity index (χ1) is 23.5. The van der Waals surface area contributed by atoms with Crippen LogP contribution in [-0.4, -0.2) is 70.9 Å². The number of esters is 1. The van der Waals surface area contributed by atoms with Crippen molar-refractivity contribution in [3.05, 3.63) is 41.6 Å². The average Bonchev–Trinajstić information content (AvgIpc) is 3.03. The van der Waals surface area contributed by atoms with Crippen LogP contribution in [0.4, 0.5) is 0 Å². The molecule has 1 saturated heterocycles. The van der Waals surface area contributed by atoms with Crippen LogP contribution in [0.3, 0.4) is 0 Å². The Kier molecular flexibility index (Phi) is 16.4. The van der Waals surface area contributed by atoms with Crippen molar-refractivity contribution >= 4 is 35.5 Å². The Balaban J connectivity index is 2.58. The zero-order valence-electron chi connectivity index (χ0n) is 30.9. The second-order valence-electron chi connectivity index (χ2n) is 14.2. The van der Waals surface area contributed by atoms with Gasteiger partial charge in [0.15, 0.2) is 0 Å². The van der Waals surface area contributed by atoms with Gasteiger partial charge in [-0.1, -0.05) is 79.5 Å². The molecule has 1 heterocycles. The van der Waals surface area contributed by atoms with E-state index in [0.29, 0.717) is 12.0 Å². The van der Waals surface area contributed by atoms with Crippen LogP contribution in [0, 0.1) is 23.7 Å². The largest absolute Gasteiger partial charge is 0.508 e. The number of carbonyl (C=O) groups is 6. The number of allylic oxidation sites excluding steroid dienone is 1. The van der Waals surface area contributed by atoms with Gasteiger partial charge in [-0.25, -0.2) is 4.79 Å². The summed E-state index contributed by atoms with van der Waals surface area (Å²) in [5.74, 6) is -4.78. The smallest absolute Gasteiger partial charge is 0.354 e. The maximum Gasteiger partial charge on any atom is 0.354 e. The number of carbonyl (C=O) groups excluding carboxylic acids is 6.